The van der Waals surface area contributed by atoms with Crippen molar-refractivity contribution < 1.29 is 21.6 Å². The number of hydrogen-bond acceptors (Lipinski definition) is 5. The summed E-state index contributed by atoms with van der Waals surface area (Å²) >= 11 is 0. The van der Waals surface area contributed by atoms with Crippen LogP contribution in [0.4, 0.5) is 5.69 Å². The maximum absolute atomic E-state index is 13.0. The van der Waals surface area contributed by atoms with E-state index in [1.54, 1.807) is 24.3 Å². The molecule has 0 spiro atoms. The Bertz CT molecular complexity index is 1420. The molecule has 1 saturated heterocycles. The van der Waals surface area contributed by atoms with E-state index in [0.29, 0.717) is 18.8 Å². The number of amides is 1. The molecule has 0 aliphatic carbocycles. The minimum atomic E-state index is -3.89. The number of piperidine rings is 1. The standard InChI is InChI=1S/C24H27N3O5S2/c1-26(33(29,30)23-13-12-19-8-3-4-9-20(19)16-23)18-24(28)25-21-10-7-11-22(17-21)34(31,32)27-14-5-2-6-15-27/h3-4,7-13,16-17H,2,5-6,14-15,18H2,1H3,(H,25,28). The largest absolute Gasteiger partial charge is 0.325 e. The molecule has 3 aromatic carbocycles. The van der Waals surface area contributed by atoms with Crippen molar-refractivity contribution in [2.45, 2.75) is 29.1 Å². The molecular formula is C24H27N3O5S2. The van der Waals surface area contributed by atoms with Gasteiger partial charge in [0, 0.05) is 25.8 Å². The van der Waals surface area contributed by atoms with Gasteiger partial charge in [-0.25, -0.2) is 16.8 Å². The van der Waals surface area contributed by atoms with Crippen LogP contribution in [0, 0.1) is 0 Å². The molecule has 0 bridgehead atoms. The normalized spacial score (nSPS) is 15.5. The van der Waals surface area contributed by atoms with Crippen LogP contribution in [0.15, 0.2) is 76.5 Å². The Balaban J connectivity index is 1.46. The van der Waals surface area contributed by atoms with Crippen LogP contribution < -0.4 is 5.32 Å². The highest BCUT2D eigenvalue weighted by atomic mass is 32.2. The lowest BCUT2D eigenvalue weighted by Gasteiger charge is -2.26. The van der Waals surface area contributed by atoms with Gasteiger partial charge in [0.05, 0.1) is 16.3 Å². The number of likely N-dealkylation sites (N-methyl/N-ethyl adjacent to an activating group) is 1. The van der Waals surface area contributed by atoms with Crippen LogP contribution in [0.5, 0.6) is 0 Å². The first kappa shape index (κ1) is 24.3. The van der Waals surface area contributed by atoms with Gasteiger partial charge in [0.2, 0.25) is 26.0 Å². The van der Waals surface area contributed by atoms with Crippen LogP contribution in [0.1, 0.15) is 19.3 Å². The molecule has 180 valence electrons. The molecule has 1 aliphatic rings. The summed E-state index contributed by atoms with van der Waals surface area (Å²) in [5, 5.41) is 4.32. The number of benzene rings is 3. The van der Waals surface area contributed by atoms with E-state index >= 15 is 0 Å². The second-order valence-electron chi connectivity index (χ2n) is 8.31. The zero-order valence-electron chi connectivity index (χ0n) is 18.8. The Hall–Kier alpha value is -2.79. The molecule has 4 rings (SSSR count). The number of sulfonamides is 2. The summed E-state index contributed by atoms with van der Waals surface area (Å²) in [4.78, 5) is 12.8. The smallest absolute Gasteiger partial charge is 0.243 e. The van der Waals surface area contributed by atoms with Gasteiger partial charge in [0.15, 0.2) is 0 Å². The van der Waals surface area contributed by atoms with Crippen molar-refractivity contribution in [2.75, 3.05) is 32.0 Å². The van der Waals surface area contributed by atoms with Gasteiger partial charge in [-0.05, 0) is 53.9 Å². The Kier molecular flexibility index (Phi) is 7.04. The maximum Gasteiger partial charge on any atom is 0.243 e. The summed E-state index contributed by atoms with van der Waals surface area (Å²) in [6, 6.07) is 18.3. The molecule has 0 unspecified atom stereocenters. The second kappa shape index (κ2) is 9.83. The van der Waals surface area contributed by atoms with Crippen LogP contribution in [0.2, 0.25) is 0 Å². The molecule has 1 fully saturated rings. The van der Waals surface area contributed by atoms with Gasteiger partial charge in [0.1, 0.15) is 0 Å². The predicted molar refractivity (Wildman–Crippen MR) is 131 cm³/mol. The Labute approximate surface area is 200 Å². The third-order valence-corrected chi connectivity index (χ3v) is 9.56. The van der Waals surface area contributed by atoms with Gasteiger partial charge < -0.3 is 5.32 Å². The lowest BCUT2D eigenvalue weighted by atomic mass is 10.1. The first-order chi connectivity index (χ1) is 16.2. The Morgan fingerprint density at radius 1 is 0.853 bits per heavy atom. The van der Waals surface area contributed by atoms with Crippen molar-refractivity contribution in [1.82, 2.24) is 8.61 Å². The molecule has 10 heteroatoms. The van der Waals surface area contributed by atoms with Crippen molar-refractivity contribution in [2.24, 2.45) is 0 Å². The first-order valence-electron chi connectivity index (χ1n) is 11.0. The highest BCUT2D eigenvalue weighted by molar-refractivity contribution is 7.89. The highest BCUT2D eigenvalue weighted by Crippen LogP contribution is 2.24. The SMILES string of the molecule is CN(CC(=O)Nc1cccc(S(=O)(=O)N2CCCCC2)c1)S(=O)(=O)c1ccc2ccccc2c1. The zero-order valence-corrected chi connectivity index (χ0v) is 20.5. The van der Waals surface area contributed by atoms with Gasteiger partial charge in [-0.15, -0.1) is 0 Å². The fraction of sp³-hybridized carbons (Fsp3) is 0.292. The van der Waals surface area contributed by atoms with E-state index in [9.17, 15) is 21.6 Å². The monoisotopic (exact) mass is 501 g/mol. The Morgan fingerprint density at radius 3 is 2.29 bits per heavy atom. The summed E-state index contributed by atoms with van der Waals surface area (Å²) in [6.07, 6.45) is 2.67. The number of rotatable bonds is 7. The molecule has 0 aromatic heterocycles. The van der Waals surface area contributed by atoms with E-state index in [2.05, 4.69) is 5.32 Å². The third kappa shape index (κ3) is 5.15. The first-order valence-corrected chi connectivity index (χ1v) is 13.9. The van der Waals surface area contributed by atoms with Crippen LogP contribution in [0.25, 0.3) is 10.8 Å². The summed E-state index contributed by atoms with van der Waals surface area (Å²) in [5.74, 6) is -0.570. The van der Waals surface area contributed by atoms with Crippen LogP contribution in [0.3, 0.4) is 0 Å². The van der Waals surface area contributed by atoms with E-state index in [-0.39, 0.29) is 9.79 Å². The van der Waals surface area contributed by atoms with Crippen molar-refractivity contribution in [3.05, 3.63) is 66.7 Å². The van der Waals surface area contributed by atoms with Crippen LogP contribution in [-0.2, 0) is 24.8 Å². The van der Waals surface area contributed by atoms with Crippen molar-refractivity contribution in [3.8, 4) is 0 Å². The average Bonchev–Trinajstić information content (AvgIpc) is 2.84. The topological polar surface area (TPSA) is 104 Å². The van der Waals surface area contributed by atoms with E-state index in [4.69, 9.17) is 0 Å². The molecule has 0 saturated carbocycles. The summed E-state index contributed by atoms with van der Waals surface area (Å²) in [6.45, 7) is 0.547. The quantitative estimate of drug-likeness (QED) is 0.535. The molecule has 34 heavy (non-hydrogen) atoms. The molecule has 1 heterocycles. The second-order valence-corrected chi connectivity index (χ2v) is 12.3. The summed E-state index contributed by atoms with van der Waals surface area (Å²) in [7, 11) is -6.20. The number of nitrogens with zero attached hydrogens (tertiary/aromatic N) is 2. The van der Waals surface area contributed by atoms with E-state index in [0.717, 1.165) is 34.3 Å². The van der Waals surface area contributed by atoms with Crippen molar-refractivity contribution in [1.29, 1.82) is 0 Å². The predicted octanol–water partition coefficient (Wildman–Crippen LogP) is 3.27. The van der Waals surface area contributed by atoms with Gasteiger partial charge in [0.25, 0.3) is 0 Å². The minimum Gasteiger partial charge on any atom is -0.325 e. The van der Waals surface area contributed by atoms with Crippen LogP contribution >= 0.6 is 0 Å². The van der Waals surface area contributed by atoms with E-state index in [1.807, 2.05) is 24.3 Å². The summed E-state index contributed by atoms with van der Waals surface area (Å²) < 4.78 is 54.2. The lowest BCUT2D eigenvalue weighted by Crippen LogP contribution is -2.36. The molecule has 1 aliphatic heterocycles. The molecule has 0 atom stereocenters. The van der Waals surface area contributed by atoms with Gasteiger partial charge in [-0.3, -0.25) is 4.79 Å². The summed E-state index contributed by atoms with van der Waals surface area (Å²) in [5.41, 5.74) is 0.291. The average molecular weight is 502 g/mol. The number of carbonyl (C=O) groups is 1. The van der Waals surface area contributed by atoms with E-state index in [1.165, 1.54) is 29.6 Å². The zero-order chi connectivity index (χ0) is 24.3. The Morgan fingerprint density at radius 2 is 1.56 bits per heavy atom. The van der Waals surface area contributed by atoms with Crippen molar-refractivity contribution >= 4 is 42.4 Å². The molecular weight excluding hydrogens is 474 g/mol. The molecule has 3 aromatic rings. The number of carbonyl (C=O) groups excluding carboxylic acids is 1. The number of anilines is 1. The number of hydrogen-bond donors (Lipinski definition) is 1. The lowest BCUT2D eigenvalue weighted by molar-refractivity contribution is -0.116. The maximum atomic E-state index is 13.0. The third-order valence-electron chi connectivity index (χ3n) is 5.87. The van der Waals surface area contributed by atoms with Crippen LogP contribution in [-0.4, -0.2) is 58.0 Å². The fourth-order valence-corrected chi connectivity index (χ4v) is 6.71. The fourth-order valence-electron chi connectivity index (χ4n) is 3.98. The molecule has 1 amide bonds. The molecule has 1 N–H and O–H groups in total. The molecule has 0 radical (unpaired) electrons. The molecule has 8 nitrogen and oxygen atoms in total. The van der Waals surface area contributed by atoms with Crippen molar-refractivity contribution in [3.63, 3.8) is 0 Å². The minimum absolute atomic E-state index is 0.0936. The van der Waals surface area contributed by atoms with Gasteiger partial charge in [-0.1, -0.05) is 42.8 Å². The van der Waals surface area contributed by atoms with Gasteiger partial charge in [-0.2, -0.15) is 8.61 Å². The number of nitrogens with one attached hydrogen (secondary N) is 1. The highest BCUT2D eigenvalue weighted by Gasteiger charge is 2.27. The van der Waals surface area contributed by atoms with E-state index < -0.39 is 32.5 Å². The number of fused-ring (bicyclic) bond motifs is 1. The van der Waals surface area contributed by atoms with Gasteiger partial charge >= 0.3 is 0 Å².